The molecule has 0 amide bonds. The van der Waals surface area contributed by atoms with Crippen LogP contribution in [0.25, 0.3) is 6.08 Å². The van der Waals surface area contributed by atoms with Crippen molar-refractivity contribution in [1.82, 2.24) is 0 Å². The van der Waals surface area contributed by atoms with Crippen molar-refractivity contribution in [2.45, 2.75) is 60.8 Å². The van der Waals surface area contributed by atoms with Crippen LogP contribution in [0, 0.1) is 5.41 Å². The lowest BCUT2D eigenvalue weighted by Gasteiger charge is -2.35. The summed E-state index contributed by atoms with van der Waals surface area (Å²) in [7, 11) is 0. The Kier molecular flexibility index (Phi) is 9.19. The predicted molar refractivity (Wildman–Crippen MR) is 139 cm³/mol. The van der Waals surface area contributed by atoms with Crippen molar-refractivity contribution in [3.05, 3.63) is 99.6 Å². The highest BCUT2D eigenvalue weighted by atomic mass is 16.3. The number of hydrogen-bond acceptors (Lipinski definition) is 4. The highest BCUT2D eigenvalue weighted by Gasteiger charge is 2.52. The van der Waals surface area contributed by atoms with E-state index in [9.17, 15) is 19.8 Å². The third-order valence-electron chi connectivity index (χ3n) is 5.81. The van der Waals surface area contributed by atoms with Gasteiger partial charge in [-0.05, 0) is 72.4 Å². The first-order valence-corrected chi connectivity index (χ1v) is 11.6. The molecule has 1 aliphatic rings. The first kappa shape index (κ1) is 26.8. The molecule has 0 unspecified atom stereocenters. The largest absolute Gasteiger partial charge is 0.507 e. The Morgan fingerprint density at radius 1 is 0.824 bits per heavy atom. The van der Waals surface area contributed by atoms with Crippen LogP contribution in [0.2, 0.25) is 0 Å². The van der Waals surface area contributed by atoms with E-state index < -0.39 is 17.0 Å². The molecule has 180 valence electrons. The first-order chi connectivity index (χ1) is 16.0. The Morgan fingerprint density at radius 3 is 1.85 bits per heavy atom. The number of aliphatic hydroxyl groups is 2. The van der Waals surface area contributed by atoms with Crippen molar-refractivity contribution in [2.24, 2.45) is 5.41 Å². The zero-order valence-corrected chi connectivity index (χ0v) is 21.1. The van der Waals surface area contributed by atoms with Crippen LogP contribution in [0.1, 0.15) is 66.4 Å². The van der Waals surface area contributed by atoms with Crippen molar-refractivity contribution in [3.8, 4) is 0 Å². The maximum absolute atomic E-state index is 13.9. The van der Waals surface area contributed by atoms with Crippen LogP contribution in [-0.4, -0.2) is 21.8 Å². The van der Waals surface area contributed by atoms with Crippen molar-refractivity contribution < 1.29 is 19.8 Å². The normalized spacial score (nSPS) is 17.0. The molecule has 0 spiro atoms. The molecule has 2 N–H and O–H groups in total. The van der Waals surface area contributed by atoms with E-state index in [-0.39, 0.29) is 42.0 Å². The van der Waals surface area contributed by atoms with Gasteiger partial charge in [0.1, 0.15) is 22.5 Å². The maximum atomic E-state index is 13.9. The third kappa shape index (κ3) is 6.34. The van der Waals surface area contributed by atoms with Gasteiger partial charge in [-0.2, -0.15) is 0 Å². The minimum Gasteiger partial charge on any atom is -0.507 e. The average molecular weight is 461 g/mol. The molecule has 0 saturated heterocycles. The van der Waals surface area contributed by atoms with Crippen LogP contribution in [0.4, 0.5) is 0 Å². The summed E-state index contributed by atoms with van der Waals surface area (Å²) in [6.45, 7) is 11.5. The van der Waals surface area contributed by atoms with E-state index in [0.717, 1.165) is 22.3 Å². The molecule has 4 heteroatoms. The summed E-state index contributed by atoms with van der Waals surface area (Å²) in [5.74, 6) is -1.73. The molecule has 0 aliphatic heterocycles. The number of allylic oxidation sites excluding steroid dienone is 9. The predicted octanol–water partition coefficient (Wildman–Crippen LogP) is 7.53. The molecule has 1 aromatic rings. The fourth-order valence-electron chi connectivity index (χ4n) is 3.76. The smallest absolute Gasteiger partial charge is 0.184 e. The fraction of sp³-hybridized carbons (Fsp3) is 0.333. The molecule has 1 aromatic carbocycles. The first-order valence-electron chi connectivity index (χ1n) is 11.6. The highest BCUT2D eigenvalue weighted by molar-refractivity contribution is 6.25. The monoisotopic (exact) mass is 460 g/mol. The third-order valence-corrected chi connectivity index (χ3v) is 5.81. The second kappa shape index (κ2) is 11.6. The Morgan fingerprint density at radius 2 is 1.35 bits per heavy atom. The summed E-state index contributed by atoms with van der Waals surface area (Å²) in [5.41, 5.74) is 2.33. The van der Waals surface area contributed by atoms with E-state index in [1.807, 2.05) is 90.1 Å². The van der Waals surface area contributed by atoms with Gasteiger partial charge in [0.05, 0.1) is 0 Å². The van der Waals surface area contributed by atoms with Crippen molar-refractivity contribution >= 4 is 17.6 Å². The summed E-state index contributed by atoms with van der Waals surface area (Å²) >= 11 is 0. The van der Waals surface area contributed by atoms with Crippen molar-refractivity contribution in [1.29, 1.82) is 0 Å². The molecule has 0 bridgehead atoms. The van der Waals surface area contributed by atoms with Gasteiger partial charge in [0.2, 0.25) is 0 Å². The lowest BCUT2D eigenvalue weighted by Crippen LogP contribution is -2.45. The van der Waals surface area contributed by atoms with Gasteiger partial charge in [0.25, 0.3) is 0 Å². The standard InChI is InChI=1S/C30H36O4/c1-20(2)12-14-24-27(32)26(25(31)15-13-23-10-8-7-9-11-23)29(34)30(28(24)33,18-16-21(3)4)19-17-22(5)6/h7-13,15-17,31-32H,14,18-19H2,1-6H3/b15-13?,26-25+. The van der Waals surface area contributed by atoms with E-state index in [1.54, 1.807) is 6.08 Å². The van der Waals surface area contributed by atoms with Gasteiger partial charge in [-0.1, -0.05) is 71.4 Å². The summed E-state index contributed by atoms with van der Waals surface area (Å²) in [4.78, 5) is 27.7. The Labute approximate surface area is 203 Å². The van der Waals surface area contributed by atoms with Crippen LogP contribution >= 0.6 is 0 Å². The summed E-state index contributed by atoms with van der Waals surface area (Å²) in [6, 6.07) is 9.35. The van der Waals surface area contributed by atoms with Crippen LogP contribution in [0.5, 0.6) is 0 Å². The maximum Gasteiger partial charge on any atom is 0.184 e. The van der Waals surface area contributed by atoms with E-state index in [0.29, 0.717) is 0 Å². The average Bonchev–Trinajstić information content (AvgIpc) is 2.77. The summed E-state index contributed by atoms with van der Waals surface area (Å²) < 4.78 is 0. The number of aliphatic hydroxyl groups excluding tert-OH is 2. The molecule has 0 radical (unpaired) electrons. The van der Waals surface area contributed by atoms with E-state index in [2.05, 4.69) is 0 Å². The number of carbonyl (C=O) groups excluding carboxylic acids is 2. The molecule has 0 fully saturated rings. The summed E-state index contributed by atoms with van der Waals surface area (Å²) in [5, 5.41) is 22.0. The zero-order chi connectivity index (χ0) is 25.5. The molecule has 0 heterocycles. The Balaban J connectivity index is 2.78. The van der Waals surface area contributed by atoms with Gasteiger partial charge in [-0.25, -0.2) is 0 Å². The zero-order valence-electron chi connectivity index (χ0n) is 21.1. The number of ketones is 2. The van der Waals surface area contributed by atoms with Crippen LogP contribution < -0.4 is 0 Å². The van der Waals surface area contributed by atoms with Crippen molar-refractivity contribution in [3.63, 3.8) is 0 Å². The van der Waals surface area contributed by atoms with Gasteiger partial charge in [-0.3, -0.25) is 9.59 Å². The molecule has 0 saturated carbocycles. The Hall–Kier alpha value is -3.40. The second-order valence-electron chi connectivity index (χ2n) is 9.53. The number of Topliss-reactive ketones (excluding diaryl/α,β-unsaturated/α-hetero) is 2. The lowest BCUT2D eigenvalue weighted by atomic mass is 9.64. The number of carbonyl (C=O) groups is 2. The van der Waals surface area contributed by atoms with Gasteiger partial charge in [-0.15, -0.1) is 0 Å². The SMILES string of the molecule is CC(C)=CCC1=C(O)/C(=C(\O)C=Cc2ccccc2)C(=O)C(CC=C(C)C)(CC=C(C)C)C1=O. The van der Waals surface area contributed by atoms with Crippen LogP contribution in [0.15, 0.2) is 94.0 Å². The lowest BCUT2D eigenvalue weighted by molar-refractivity contribution is -0.137. The number of hydrogen-bond donors (Lipinski definition) is 2. The number of rotatable bonds is 8. The fourth-order valence-corrected chi connectivity index (χ4v) is 3.76. The topological polar surface area (TPSA) is 74.6 Å². The van der Waals surface area contributed by atoms with Crippen LogP contribution in [-0.2, 0) is 9.59 Å². The minimum atomic E-state index is -1.42. The van der Waals surface area contributed by atoms with Crippen LogP contribution in [0.3, 0.4) is 0 Å². The summed E-state index contributed by atoms with van der Waals surface area (Å²) in [6.07, 6.45) is 9.25. The van der Waals surface area contributed by atoms with E-state index in [4.69, 9.17) is 0 Å². The number of benzene rings is 1. The minimum absolute atomic E-state index is 0.153. The molecular formula is C30H36O4. The quantitative estimate of drug-likeness (QED) is 0.182. The van der Waals surface area contributed by atoms with Crippen molar-refractivity contribution in [2.75, 3.05) is 0 Å². The molecule has 2 rings (SSSR count). The molecule has 1 aliphatic carbocycles. The molecule has 4 nitrogen and oxygen atoms in total. The van der Waals surface area contributed by atoms with E-state index in [1.165, 1.54) is 6.08 Å². The van der Waals surface area contributed by atoms with E-state index >= 15 is 0 Å². The highest BCUT2D eigenvalue weighted by Crippen LogP contribution is 2.44. The molecule has 0 atom stereocenters. The molecule has 34 heavy (non-hydrogen) atoms. The molecular weight excluding hydrogens is 424 g/mol. The van der Waals surface area contributed by atoms with Gasteiger partial charge >= 0.3 is 0 Å². The Bertz CT molecular complexity index is 1090. The second-order valence-corrected chi connectivity index (χ2v) is 9.53. The van der Waals surface area contributed by atoms with Gasteiger partial charge in [0, 0.05) is 5.57 Å². The van der Waals surface area contributed by atoms with Gasteiger partial charge in [0.15, 0.2) is 11.6 Å². The van der Waals surface area contributed by atoms with Gasteiger partial charge < -0.3 is 10.2 Å². The molecule has 0 aromatic heterocycles.